The molecule has 0 spiro atoms. The van der Waals surface area contributed by atoms with Gasteiger partial charge in [-0.25, -0.2) is 18.2 Å². The lowest BCUT2D eigenvalue weighted by atomic mass is 10.2. The average molecular weight is 547 g/mol. The van der Waals surface area contributed by atoms with Crippen molar-refractivity contribution in [3.63, 3.8) is 0 Å². The highest BCUT2D eigenvalue weighted by Crippen LogP contribution is 2.28. The van der Waals surface area contributed by atoms with Crippen molar-refractivity contribution in [1.29, 1.82) is 0 Å². The number of carbonyl (C=O) groups is 1. The number of aromatic nitrogens is 2. The summed E-state index contributed by atoms with van der Waals surface area (Å²) in [6, 6.07) is 23.0. The molecule has 11 heteroatoms. The molecule has 202 valence electrons. The number of benzene rings is 3. The number of piperazine rings is 1. The first-order valence-electron chi connectivity index (χ1n) is 12.5. The van der Waals surface area contributed by atoms with Crippen LogP contribution in [0.2, 0.25) is 0 Å². The van der Waals surface area contributed by atoms with Crippen LogP contribution >= 0.6 is 0 Å². The largest absolute Gasteiger partial charge is 0.497 e. The maximum atomic E-state index is 13.5. The number of urea groups is 1. The Bertz CT molecular complexity index is 1490. The highest BCUT2D eigenvalue weighted by atomic mass is 32.2. The molecule has 10 nitrogen and oxygen atoms in total. The molecule has 2 N–H and O–H groups in total. The maximum absolute atomic E-state index is 13.5. The van der Waals surface area contributed by atoms with Gasteiger partial charge in [0.1, 0.15) is 5.75 Å². The molecule has 2 amide bonds. The van der Waals surface area contributed by atoms with Crippen LogP contribution in [0.4, 0.5) is 21.9 Å². The highest BCUT2D eigenvalue weighted by Gasteiger charge is 2.26. The third kappa shape index (κ3) is 5.99. The first-order chi connectivity index (χ1) is 18.9. The first-order valence-corrected chi connectivity index (χ1v) is 14.0. The molecular formula is C28H30N6O4S. The van der Waals surface area contributed by atoms with E-state index in [1.807, 2.05) is 42.5 Å². The molecular weight excluding hydrogens is 516 g/mol. The topological polar surface area (TPSA) is 111 Å². The van der Waals surface area contributed by atoms with Crippen molar-refractivity contribution in [1.82, 2.24) is 14.9 Å². The molecule has 1 aliphatic heterocycles. The van der Waals surface area contributed by atoms with E-state index in [2.05, 4.69) is 20.2 Å². The second kappa shape index (κ2) is 11.5. The van der Waals surface area contributed by atoms with Crippen LogP contribution in [-0.4, -0.2) is 62.6 Å². The Hall–Kier alpha value is -4.51. The second-order valence-electron chi connectivity index (χ2n) is 9.05. The van der Waals surface area contributed by atoms with Crippen molar-refractivity contribution in [2.24, 2.45) is 0 Å². The Kier molecular flexibility index (Phi) is 7.69. The van der Waals surface area contributed by atoms with Gasteiger partial charge in [0.05, 0.1) is 36.3 Å². The zero-order valence-corrected chi connectivity index (χ0v) is 22.3. The number of hydrogen-bond acceptors (Lipinski definition) is 6. The number of aromatic amines is 1. The van der Waals surface area contributed by atoms with Crippen molar-refractivity contribution in [2.75, 3.05) is 47.8 Å². The van der Waals surface area contributed by atoms with Crippen LogP contribution in [0.3, 0.4) is 0 Å². The van der Waals surface area contributed by atoms with E-state index in [4.69, 9.17) is 4.74 Å². The summed E-state index contributed by atoms with van der Waals surface area (Å²) in [5, 5.41) is 2.93. The van der Waals surface area contributed by atoms with Gasteiger partial charge < -0.3 is 24.8 Å². The summed E-state index contributed by atoms with van der Waals surface area (Å²) in [4.78, 5) is 24.0. The lowest BCUT2D eigenvalue weighted by Crippen LogP contribution is -2.50. The average Bonchev–Trinajstić information content (AvgIpc) is 3.50. The number of nitrogens with one attached hydrogen (secondary N) is 2. The summed E-state index contributed by atoms with van der Waals surface area (Å²) in [7, 11) is -2.21. The number of carbonyl (C=O) groups excluding carboxylic acids is 1. The van der Waals surface area contributed by atoms with Gasteiger partial charge in [-0.05, 0) is 48.5 Å². The van der Waals surface area contributed by atoms with Crippen LogP contribution < -0.4 is 19.3 Å². The molecule has 4 aromatic rings. The highest BCUT2D eigenvalue weighted by molar-refractivity contribution is 7.92. The number of H-pyrrole nitrogens is 1. The SMILES string of the molecule is COc1cccc(NC(=O)N2CCN(c3ccc(N(Cc4cnc[nH]4)S(=O)(=O)c4ccccc4)cc3)CC2)c1. The Labute approximate surface area is 227 Å². The zero-order valence-electron chi connectivity index (χ0n) is 21.5. The van der Waals surface area contributed by atoms with Crippen molar-refractivity contribution >= 4 is 33.1 Å². The molecule has 39 heavy (non-hydrogen) atoms. The lowest BCUT2D eigenvalue weighted by molar-refractivity contribution is 0.208. The van der Waals surface area contributed by atoms with Crippen LogP contribution in [0.25, 0.3) is 0 Å². The molecule has 3 aromatic carbocycles. The Morgan fingerprint density at radius 1 is 1.00 bits per heavy atom. The zero-order chi connectivity index (χ0) is 27.2. The number of amides is 2. The summed E-state index contributed by atoms with van der Waals surface area (Å²) >= 11 is 0. The van der Waals surface area contributed by atoms with E-state index in [1.54, 1.807) is 54.6 Å². The van der Waals surface area contributed by atoms with E-state index in [0.29, 0.717) is 49.0 Å². The predicted molar refractivity (Wildman–Crippen MR) is 151 cm³/mol. The summed E-state index contributed by atoms with van der Waals surface area (Å²) in [5.74, 6) is 0.681. The van der Waals surface area contributed by atoms with Crippen LogP contribution in [0.1, 0.15) is 5.69 Å². The summed E-state index contributed by atoms with van der Waals surface area (Å²) in [6.45, 7) is 2.56. The molecule has 0 saturated carbocycles. The van der Waals surface area contributed by atoms with E-state index < -0.39 is 10.0 Å². The molecule has 0 atom stereocenters. The number of hydrogen-bond donors (Lipinski definition) is 2. The minimum absolute atomic E-state index is 0.123. The molecule has 1 saturated heterocycles. The number of anilines is 3. The van der Waals surface area contributed by atoms with Gasteiger partial charge in [-0.15, -0.1) is 0 Å². The first kappa shape index (κ1) is 26.1. The maximum Gasteiger partial charge on any atom is 0.321 e. The lowest BCUT2D eigenvalue weighted by Gasteiger charge is -2.36. The molecule has 1 aliphatic rings. The Morgan fingerprint density at radius 2 is 1.74 bits per heavy atom. The summed E-state index contributed by atoms with van der Waals surface area (Å²) in [5.41, 5.74) is 2.88. The summed E-state index contributed by atoms with van der Waals surface area (Å²) < 4.78 is 33.7. The van der Waals surface area contributed by atoms with Gasteiger partial charge in [0, 0.05) is 49.8 Å². The number of imidazole rings is 1. The standard InChI is InChI=1S/C28H30N6O4S/c1-38-26-7-5-6-22(18-26)31-28(35)33-16-14-32(15-17-33)24-10-12-25(13-11-24)34(20-23-19-29-21-30-23)39(36,37)27-8-3-2-4-9-27/h2-13,18-19,21H,14-17,20H2,1H3,(H,29,30)(H,31,35). The normalized spacial score (nSPS) is 13.7. The molecule has 0 bridgehead atoms. The van der Waals surface area contributed by atoms with Gasteiger partial charge in [0.25, 0.3) is 10.0 Å². The van der Waals surface area contributed by atoms with Crippen molar-refractivity contribution < 1.29 is 17.9 Å². The van der Waals surface area contributed by atoms with Crippen molar-refractivity contribution in [3.8, 4) is 5.75 Å². The van der Waals surface area contributed by atoms with Crippen molar-refractivity contribution in [2.45, 2.75) is 11.4 Å². The van der Waals surface area contributed by atoms with E-state index in [-0.39, 0.29) is 17.5 Å². The van der Waals surface area contributed by atoms with Gasteiger partial charge in [0.15, 0.2) is 0 Å². The monoisotopic (exact) mass is 546 g/mol. The smallest absolute Gasteiger partial charge is 0.321 e. The molecule has 1 fully saturated rings. The van der Waals surface area contributed by atoms with Gasteiger partial charge in [-0.1, -0.05) is 24.3 Å². The Balaban J connectivity index is 1.26. The third-order valence-corrected chi connectivity index (χ3v) is 8.38. The van der Waals surface area contributed by atoms with Gasteiger partial charge in [-0.2, -0.15) is 0 Å². The Morgan fingerprint density at radius 3 is 2.41 bits per heavy atom. The van der Waals surface area contributed by atoms with E-state index in [9.17, 15) is 13.2 Å². The van der Waals surface area contributed by atoms with E-state index in [0.717, 1.165) is 5.69 Å². The number of rotatable bonds is 8. The number of methoxy groups -OCH3 is 1. The fraction of sp³-hybridized carbons (Fsp3) is 0.214. The minimum Gasteiger partial charge on any atom is -0.497 e. The van der Waals surface area contributed by atoms with Gasteiger partial charge in [-0.3, -0.25) is 4.31 Å². The van der Waals surface area contributed by atoms with Crippen LogP contribution in [0.5, 0.6) is 5.75 Å². The minimum atomic E-state index is -3.80. The van der Waals surface area contributed by atoms with Gasteiger partial charge >= 0.3 is 6.03 Å². The fourth-order valence-corrected chi connectivity index (χ4v) is 5.93. The molecule has 0 radical (unpaired) electrons. The number of sulfonamides is 1. The molecule has 5 rings (SSSR count). The summed E-state index contributed by atoms with van der Waals surface area (Å²) in [6.07, 6.45) is 3.15. The number of nitrogens with zero attached hydrogens (tertiary/aromatic N) is 4. The molecule has 0 unspecified atom stereocenters. The molecule has 0 aliphatic carbocycles. The fourth-order valence-electron chi connectivity index (χ4n) is 4.46. The van der Waals surface area contributed by atoms with Crippen LogP contribution in [0, 0.1) is 0 Å². The van der Waals surface area contributed by atoms with E-state index in [1.165, 1.54) is 10.6 Å². The van der Waals surface area contributed by atoms with Gasteiger partial charge in [0.2, 0.25) is 0 Å². The second-order valence-corrected chi connectivity index (χ2v) is 10.9. The van der Waals surface area contributed by atoms with Crippen molar-refractivity contribution in [3.05, 3.63) is 97.1 Å². The number of ether oxygens (including phenoxy) is 1. The van der Waals surface area contributed by atoms with Crippen LogP contribution in [0.15, 0.2) is 96.3 Å². The van der Waals surface area contributed by atoms with Crippen LogP contribution in [-0.2, 0) is 16.6 Å². The van der Waals surface area contributed by atoms with E-state index >= 15 is 0 Å². The predicted octanol–water partition coefficient (Wildman–Crippen LogP) is 4.17. The quantitative estimate of drug-likeness (QED) is 0.343. The third-order valence-electron chi connectivity index (χ3n) is 6.59. The molecule has 1 aromatic heterocycles. The molecule has 2 heterocycles.